The summed E-state index contributed by atoms with van der Waals surface area (Å²) in [6, 6.07) is 11.1. The van der Waals surface area contributed by atoms with Crippen molar-refractivity contribution in [3.63, 3.8) is 0 Å². The Morgan fingerprint density at radius 2 is 2.07 bits per heavy atom. The van der Waals surface area contributed by atoms with Gasteiger partial charge in [-0.3, -0.25) is 9.59 Å². The summed E-state index contributed by atoms with van der Waals surface area (Å²) in [4.78, 5) is 30.8. The van der Waals surface area contributed by atoms with E-state index < -0.39 is 0 Å². The van der Waals surface area contributed by atoms with Crippen LogP contribution in [0.3, 0.4) is 0 Å². The second-order valence-electron chi connectivity index (χ2n) is 6.61. The Morgan fingerprint density at radius 1 is 1.18 bits per heavy atom. The second-order valence-corrected chi connectivity index (χ2v) is 6.61. The highest BCUT2D eigenvalue weighted by Crippen LogP contribution is 2.29. The third-order valence-corrected chi connectivity index (χ3v) is 4.87. The lowest BCUT2D eigenvalue weighted by Gasteiger charge is -2.16. The summed E-state index contributed by atoms with van der Waals surface area (Å²) in [6.45, 7) is 2.88. The predicted molar refractivity (Wildman–Crippen MR) is 105 cm³/mol. The molecule has 0 saturated heterocycles. The maximum atomic E-state index is 12.7. The molecular formula is C21H21N5O2. The molecule has 0 fully saturated rings. The van der Waals surface area contributed by atoms with Crippen molar-refractivity contribution >= 4 is 17.5 Å². The normalized spacial score (nSPS) is 12.7. The zero-order chi connectivity index (χ0) is 19.5. The fourth-order valence-electron chi connectivity index (χ4n) is 3.44. The molecule has 28 heavy (non-hydrogen) atoms. The number of anilines is 1. The van der Waals surface area contributed by atoms with Crippen LogP contribution in [0.15, 0.2) is 55.0 Å². The van der Waals surface area contributed by atoms with Gasteiger partial charge in [0.2, 0.25) is 5.91 Å². The molecule has 4 rings (SSSR count). The lowest BCUT2D eigenvalue weighted by atomic mass is 10.1. The van der Waals surface area contributed by atoms with Crippen molar-refractivity contribution in [1.82, 2.24) is 20.1 Å². The van der Waals surface area contributed by atoms with Gasteiger partial charge >= 0.3 is 0 Å². The van der Waals surface area contributed by atoms with Gasteiger partial charge in [0.15, 0.2) is 5.82 Å². The van der Waals surface area contributed by atoms with Crippen LogP contribution >= 0.6 is 0 Å². The number of nitrogens with one attached hydrogen (secondary N) is 1. The van der Waals surface area contributed by atoms with Crippen LogP contribution in [0.4, 0.5) is 5.69 Å². The predicted octanol–water partition coefficient (Wildman–Crippen LogP) is 2.50. The van der Waals surface area contributed by atoms with Crippen LogP contribution in [-0.2, 0) is 17.8 Å². The van der Waals surface area contributed by atoms with Gasteiger partial charge in [0.25, 0.3) is 5.91 Å². The van der Waals surface area contributed by atoms with Gasteiger partial charge in [-0.2, -0.15) is 5.10 Å². The number of nitrogens with zero attached hydrogens (tertiary/aromatic N) is 4. The molecule has 1 aromatic carbocycles. The average molecular weight is 375 g/mol. The summed E-state index contributed by atoms with van der Waals surface area (Å²) in [7, 11) is 0. The summed E-state index contributed by atoms with van der Waals surface area (Å²) in [5.74, 6) is 0.646. The molecule has 0 atom stereocenters. The number of pyridine rings is 1. The van der Waals surface area contributed by atoms with Crippen molar-refractivity contribution < 1.29 is 9.59 Å². The zero-order valence-corrected chi connectivity index (χ0v) is 15.6. The first kappa shape index (κ1) is 17.9. The monoisotopic (exact) mass is 375 g/mol. The minimum absolute atomic E-state index is 0.110. The van der Waals surface area contributed by atoms with Gasteiger partial charge in [0.1, 0.15) is 0 Å². The van der Waals surface area contributed by atoms with E-state index in [0.29, 0.717) is 30.9 Å². The molecule has 1 aliphatic heterocycles. The molecule has 1 N–H and O–H groups in total. The molecule has 0 saturated carbocycles. The van der Waals surface area contributed by atoms with Crippen molar-refractivity contribution in [3.8, 4) is 5.82 Å². The zero-order valence-electron chi connectivity index (χ0n) is 15.6. The maximum absolute atomic E-state index is 12.7. The molecular weight excluding hydrogens is 354 g/mol. The van der Waals surface area contributed by atoms with Crippen molar-refractivity contribution in [3.05, 3.63) is 71.7 Å². The van der Waals surface area contributed by atoms with E-state index in [-0.39, 0.29) is 11.8 Å². The third kappa shape index (κ3) is 3.38. The fraction of sp³-hybridized carbons (Fsp3) is 0.238. The summed E-state index contributed by atoms with van der Waals surface area (Å²) in [5, 5.41) is 7.16. The van der Waals surface area contributed by atoms with E-state index >= 15 is 0 Å². The molecule has 0 unspecified atom stereocenters. The molecule has 1 aliphatic rings. The van der Waals surface area contributed by atoms with Gasteiger partial charge in [0, 0.05) is 54.9 Å². The number of hydrogen-bond acceptors (Lipinski definition) is 4. The molecule has 0 radical (unpaired) electrons. The quantitative estimate of drug-likeness (QED) is 0.743. The lowest BCUT2D eigenvalue weighted by Crippen LogP contribution is -2.27. The van der Waals surface area contributed by atoms with Gasteiger partial charge in [-0.05, 0) is 42.3 Å². The van der Waals surface area contributed by atoms with Crippen LogP contribution in [0.5, 0.6) is 0 Å². The highest BCUT2D eigenvalue weighted by atomic mass is 16.2. The number of carbonyl (C=O) groups excluding carboxylic acids is 2. The Kier molecular flexibility index (Phi) is 4.89. The van der Waals surface area contributed by atoms with Crippen molar-refractivity contribution in [2.75, 3.05) is 11.4 Å². The number of amides is 2. The molecule has 2 aromatic heterocycles. The SMILES string of the molecule is CCC(=O)N1CCc2cc(C(=O)NCc3cccnc3-n3cccn3)ccc21. The van der Waals surface area contributed by atoms with Crippen LogP contribution < -0.4 is 10.2 Å². The van der Waals surface area contributed by atoms with E-state index in [1.807, 2.05) is 43.5 Å². The van der Waals surface area contributed by atoms with Crippen LogP contribution in [0.1, 0.15) is 34.8 Å². The van der Waals surface area contributed by atoms with Crippen molar-refractivity contribution in [2.45, 2.75) is 26.3 Å². The van der Waals surface area contributed by atoms with Gasteiger partial charge in [-0.15, -0.1) is 0 Å². The number of hydrogen-bond donors (Lipinski definition) is 1. The first-order chi connectivity index (χ1) is 13.7. The van der Waals surface area contributed by atoms with Crippen LogP contribution in [-0.4, -0.2) is 33.1 Å². The maximum Gasteiger partial charge on any atom is 0.251 e. The number of rotatable bonds is 5. The molecule has 0 aliphatic carbocycles. The topological polar surface area (TPSA) is 80.1 Å². The first-order valence-corrected chi connectivity index (χ1v) is 9.32. The van der Waals surface area contributed by atoms with E-state index in [4.69, 9.17) is 0 Å². The third-order valence-electron chi connectivity index (χ3n) is 4.87. The number of benzene rings is 1. The second kappa shape index (κ2) is 7.64. The summed E-state index contributed by atoms with van der Waals surface area (Å²) in [6.07, 6.45) is 6.46. The Hall–Kier alpha value is -3.48. The fourth-order valence-corrected chi connectivity index (χ4v) is 3.44. The van der Waals surface area contributed by atoms with Crippen molar-refractivity contribution in [2.24, 2.45) is 0 Å². The highest BCUT2D eigenvalue weighted by Gasteiger charge is 2.24. The summed E-state index contributed by atoms with van der Waals surface area (Å²) in [5.41, 5.74) is 3.42. The number of aromatic nitrogens is 3. The lowest BCUT2D eigenvalue weighted by molar-refractivity contribution is -0.118. The van der Waals surface area contributed by atoms with Crippen LogP contribution in [0, 0.1) is 0 Å². The van der Waals surface area contributed by atoms with Crippen LogP contribution in [0.25, 0.3) is 5.82 Å². The molecule has 0 spiro atoms. The first-order valence-electron chi connectivity index (χ1n) is 9.32. The Bertz CT molecular complexity index is 1010. The molecule has 3 aromatic rings. The molecule has 7 nitrogen and oxygen atoms in total. The largest absolute Gasteiger partial charge is 0.348 e. The molecule has 2 amide bonds. The van der Waals surface area contributed by atoms with Crippen LogP contribution in [0.2, 0.25) is 0 Å². The summed E-state index contributed by atoms with van der Waals surface area (Å²) < 4.78 is 1.68. The Labute approximate surface area is 163 Å². The van der Waals surface area contributed by atoms with Gasteiger partial charge < -0.3 is 10.2 Å². The van der Waals surface area contributed by atoms with E-state index in [0.717, 1.165) is 23.2 Å². The summed E-state index contributed by atoms with van der Waals surface area (Å²) >= 11 is 0. The smallest absolute Gasteiger partial charge is 0.251 e. The number of carbonyl (C=O) groups is 2. The van der Waals surface area contributed by atoms with E-state index in [1.54, 1.807) is 28.0 Å². The van der Waals surface area contributed by atoms with E-state index in [9.17, 15) is 9.59 Å². The standard InChI is InChI=1S/C21H21N5O2/c1-2-19(27)25-12-8-15-13-16(6-7-18(15)25)21(28)23-14-17-5-3-9-22-20(17)26-11-4-10-24-26/h3-7,9-11,13H,2,8,12,14H2,1H3,(H,23,28). The molecule has 0 bridgehead atoms. The highest BCUT2D eigenvalue weighted by molar-refractivity contribution is 5.98. The minimum atomic E-state index is -0.154. The van der Waals surface area contributed by atoms with E-state index in [2.05, 4.69) is 15.4 Å². The number of fused-ring (bicyclic) bond motifs is 1. The Morgan fingerprint density at radius 3 is 2.86 bits per heavy atom. The Balaban J connectivity index is 1.48. The minimum Gasteiger partial charge on any atom is -0.348 e. The molecule has 7 heteroatoms. The van der Waals surface area contributed by atoms with Gasteiger partial charge in [0.05, 0.1) is 0 Å². The molecule has 142 valence electrons. The average Bonchev–Trinajstić information content (AvgIpc) is 3.41. The van der Waals surface area contributed by atoms with E-state index in [1.165, 1.54) is 0 Å². The van der Waals surface area contributed by atoms with Gasteiger partial charge in [-0.1, -0.05) is 13.0 Å². The van der Waals surface area contributed by atoms with Crippen molar-refractivity contribution in [1.29, 1.82) is 0 Å². The molecule has 3 heterocycles. The van der Waals surface area contributed by atoms with Gasteiger partial charge in [-0.25, -0.2) is 9.67 Å².